The highest BCUT2D eigenvalue weighted by atomic mass is 32.2. The van der Waals surface area contributed by atoms with Crippen molar-refractivity contribution in [1.82, 2.24) is 9.21 Å². The first-order chi connectivity index (χ1) is 16.1. The fourth-order valence-electron chi connectivity index (χ4n) is 3.12. The summed E-state index contributed by atoms with van der Waals surface area (Å²) in [5, 5.41) is 2.49. The van der Waals surface area contributed by atoms with Gasteiger partial charge in [-0.15, -0.1) is 0 Å². The van der Waals surface area contributed by atoms with Gasteiger partial charge in [0.15, 0.2) is 6.61 Å². The number of halogens is 1. The second-order valence-corrected chi connectivity index (χ2v) is 9.50. The van der Waals surface area contributed by atoms with Gasteiger partial charge in [-0.25, -0.2) is 17.6 Å². The van der Waals surface area contributed by atoms with Crippen LogP contribution in [0.2, 0.25) is 0 Å². The number of sulfonamides is 1. The Bertz CT molecular complexity index is 1180. The third-order valence-electron chi connectivity index (χ3n) is 4.92. The van der Waals surface area contributed by atoms with Crippen molar-refractivity contribution in [1.29, 1.82) is 0 Å². The quantitative estimate of drug-likeness (QED) is 0.578. The van der Waals surface area contributed by atoms with Gasteiger partial charge in [-0.05, 0) is 42.5 Å². The topological polar surface area (TPSA) is 122 Å². The van der Waals surface area contributed by atoms with Crippen molar-refractivity contribution in [2.24, 2.45) is 0 Å². The third-order valence-corrected chi connectivity index (χ3v) is 6.82. The molecule has 1 aliphatic heterocycles. The lowest BCUT2D eigenvalue weighted by Crippen LogP contribution is -2.40. The predicted molar refractivity (Wildman–Crippen MR) is 119 cm³/mol. The monoisotopic (exact) mass is 493 g/mol. The number of benzene rings is 2. The number of morpholine rings is 1. The van der Waals surface area contributed by atoms with Crippen LogP contribution in [0, 0.1) is 5.82 Å². The molecule has 182 valence electrons. The number of amides is 2. The molecule has 1 heterocycles. The van der Waals surface area contributed by atoms with Crippen LogP contribution in [-0.4, -0.2) is 82.4 Å². The maximum absolute atomic E-state index is 14.2. The van der Waals surface area contributed by atoms with Crippen LogP contribution >= 0.6 is 0 Å². The summed E-state index contributed by atoms with van der Waals surface area (Å²) in [6.07, 6.45) is 0. The number of ether oxygens (including phenoxy) is 2. The highest BCUT2D eigenvalue weighted by Crippen LogP contribution is 2.21. The Morgan fingerprint density at radius 3 is 2.35 bits per heavy atom. The van der Waals surface area contributed by atoms with Crippen molar-refractivity contribution < 1.29 is 36.7 Å². The molecule has 2 aromatic carbocycles. The van der Waals surface area contributed by atoms with Crippen molar-refractivity contribution >= 4 is 33.5 Å². The Morgan fingerprint density at radius 2 is 1.74 bits per heavy atom. The summed E-state index contributed by atoms with van der Waals surface area (Å²) in [6.45, 7) is 0.0310. The smallest absolute Gasteiger partial charge is 0.341 e. The first-order valence-electron chi connectivity index (χ1n) is 10.3. The molecule has 0 aromatic heterocycles. The van der Waals surface area contributed by atoms with E-state index in [-0.39, 0.29) is 37.1 Å². The summed E-state index contributed by atoms with van der Waals surface area (Å²) in [6, 6.07) is 8.89. The Hall–Kier alpha value is -3.35. The second-order valence-electron chi connectivity index (χ2n) is 7.56. The number of carbonyl (C=O) groups is 3. The molecule has 12 heteroatoms. The zero-order valence-electron chi connectivity index (χ0n) is 18.6. The number of rotatable bonds is 7. The molecule has 1 N–H and O–H groups in total. The van der Waals surface area contributed by atoms with E-state index in [0.717, 1.165) is 18.2 Å². The molecule has 2 aromatic rings. The van der Waals surface area contributed by atoms with Gasteiger partial charge < -0.3 is 19.7 Å². The number of carbonyl (C=O) groups excluding carboxylic acids is 3. The Labute approximate surface area is 196 Å². The average Bonchev–Trinajstić information content (AvgIpc) is 2.83. The van der Waals surface area contributed by atoms with Crippen molar-refractivity contribution in [3.8, 4) is 0 Å². The van der Waals surface area contributed by atoms with Crippen molar-refractivity contribution in [3.63, 3.8) is 0 Å². The van der Waals surface area contributed by atoms with Gasteiger partial charge in [0.25, 0.3) is 11.8 Å². The molecule has 1 fully saturated rings. The molecule has 3 rings (SSSR count). The number of nitrogens with zero attached hydrogens (tertiary/aromatic N) is 2. The second kappa shape index (κ2) is 10.7. The molecular formula is C22H24FN3O7S. The van der Waals surface area contributed by atoms with Gasteiger partial charge >= 0.3 is 5.97 Å². The first-order valence-corrected chi connectivity index (χ1v) is 11.7. The normalized spacial score (nSPS) is 14.3. The minimum atomic E-state index is -3.95. The fourth-order valence-corrected chi connectivity index (χ4v) is 4.55. The van der Waals surface area contributed by atoms with E-state index in [1.807, 2.05) is 0 Å². The molecule has 1 saturated heterocycles. The minimum absolute atomic E-state index is 0.143. The number of anilines is 1. The van der Waals surface area contributed by atoms with Gasteiger partial charge in [-0.2, -0.15) is 4.31 Å². The van der Waals surface area contributed by atoms with Gasteiger partial charge in [0.1, 0.15) is 5.82 Å². The van der Waals surface area contributed by atoms with Gasteiger partial charge in [-0.1, -0.05) is 0 Å². The van der Waals surface area contributed by atoms with Crippen LogP contribution in [0.1, 0.15) is 20.7 Å². The molecule has 0 saturated carbocycles. The molecule has 2 amide bonds. The third kappa shape index (κ3) is 5.95. The Balaban J connectivity index is 1.62. The van der Waals surface area contributed by atoms with E-state index in [0.29, 0.717) is 11.3 Å². The fraction of sp³-hybridized carbons (Fsp3) is 0.318. The van der Waals surface area contributed by atoms with E-state index < -0.39 is 39.9 Å². The molecule has 0 atom stereocenters. The molecule has 0 unspecified atom stereocenters. The lowest BCUT2D eigenvalue weighted by molar-refractivity contribution is -0.119. The Kier molecular flexibility index (Phi) is 7.97. The molecule has 0 bridgehead atoms. The van der Waals surface area contributed by atoms with E-state index in [9.17, 15) is 27.2 Å². The molecule has 1 aliphatic rings. The maximum Gasteiger partial charge on any atom is 0.341 e. The van der Waals surface area contributed by atoms with Crippen LogP contribution in [-0.2, 0) is 24.3 Å². The van der Waals surface area contributed by atoms with E-state index in [1.54, 1.807) is 14.1 Å². The highest BCUT2D eigenvalue weighted by Gasteiger charge is 2.28. The van der Waals surface area contributed by atoms with Crippen molar-refractivity contribution in [2.75, 3.05) is 52.3 Å². The number of esters is 1. The highest BCUT2D eigenvalue weighted by molar-refractivity contribution is 7.89. The maximum atomic E-state index is 14.2. The van der Waals surface area contributed by atoms with E-state index in [2.05, 4.69) is 5.32 Å². The number of hydrogen-bond acceptors (Lipinski definition) is 7. The zero-order valence-corrected chi connectivity index (χ0v) is 19.4. The van der Waals surface area contributed by atoms with Crippen LogP contribution in [0.25, 0.3) is 0 Å². The lowest BCUT2D eigenvalue weighted by atomic mass is 10.2. The molecule has 34 heavy (non-hydrogen) atoms. The first kappa shape index (κ1) is 25.3. The average molecular weight is 494 g/mol. The van der Waals surface area contributed by atoms with Crippen LogP contribution in [0.5, 0.6) is 0 Å². The van der Waals surface area contributed by atoms with Gasteiger partial charge in [-0.3, -0.25) is 9.59 Å². The van der Waals surface area contributed by atoms with Crippen LogP contribution in [0.4, 0.5) is 10.1 Å². The predicted octanol–water partition coefficient (Wildman–Crippen LogP) is 1.34. The Morgan fingerprint density at radius 1 is 1.09 bits per heavy atom. The summed E-state index contributed by atoms with van der Waals surface area (Å²) in [5.74, 6) is -3.06. The summed E-state index contributed by atoms with van der Waals surface area (Å²) in [5.41, 5.74) is 0.187. The molecule has 10 nitrogen and oxygen atoms in total. The SMILES string of the molecule is CN(C)C(=O)c1ccc(NC(=O)COC(=O)c2cc(S(=O)(=O)N3CCOCC3)ccc2F)cc1. The summed E-state index contributed by atoms with van der Waals surface area (Å²) in [4.78, 5) is 37.5. The van der Waals surface area contributed by atoms with Gasteiger partial charge in [0, 0.05) is 38.4 Å². The zero-order chi connectivity index (χ0) is 24.9. The van der Waals surface area contributed by atoms with Crippen molar-refractivity contribution in [3.05, 3.63) is 59.4 Å². The largest absolute Gasteiger partial charge is 0.452 e. The van der Waals surface area contributed by atoms with E-state index >= 15 is 0 Å². The standard InChI is InChI=1S/C22H24FN3O7S/c1-25(2)21(28)15-3-5-16(6-4-15)24-20(27)14-33-22(29)18-13-17(7-8-19(18)23)34(30,31)26-9-11-32-12-10-26/h3-8,13H,9-12,14H2,1-2H3,(H,24,27). The van der Waals surface area contributed by atoms with Crippen LogP contribution < -0.4 is 5.32 Å². The van der Waals surface area contributed by atoms with Crippen LogP contribution in [0.15, 0.2) is 47.4 Å². The summed E-state index contributed by atoms with van der Waals surface area (Å²) in [7, 11) is -0.721. The van der Waals surface area contributed by atoms with Gasteiger partial charge in [0.05, 0.1) is 23.7 Å². The molecule has 0 aliphatic carbocycles. The minimum Gasteiger partial charge on any atom is -0.452 e. The molecule has 0 radical (unpaired) electrons. The van der Waals surface area contributed by atoms with Crippen LogP contribution in [0.3, 0.4) is 0 Å². The number of nitrogens with one attached hydrogen (secondary N) is 1. The summed E-state index contributed by atoms with van der Waals surface area (Å²) < 4.78 is 50.9. The summed E-state index contributed by atoms with van der Waals surface area (Å²) >= 11 is 0. The lowest BCUT2D eigenvalue weighted by Gasteiger charge is -2.26. The molecule has 0 spiro atoms. The van der Waals surface area contributed by atoms with E-state index in [4.69, 9.17) is 9.47 Å². The van der Waals surface area contributed by atoms with E-state index in [1.165, 1.54) is 33.5 Å². The van der Waals surface area contributed by atoms with Gasteiger partial charge in [0.2, 0.25) is 10.0 Å². The molecular weight excluding hydrogens is 469 g/mol. The van der Waals surface area contributed by atoms with Crippen molar-refractivity contribution in [2.45, 2.75) is 4.90 Å². The number of hydrogen-bond donors (Lipinski definition) is 1.